The molecular formula is C16H25Cl2N3OSSi. The lowest BCUT2D eigenvalue weighted by Gasteiger charge is -2.36. The molecule has 0 atom stereocenters. The lowest BCUT2D eigenvalue weighted by atomic mass is 10.2. The molecule has 0 saturated carbocycles. The van der Waals surface area contributed by atoms with Gasteiger partial charge in [0.25, 0.3) is 0 Å². The highest BCUT2D eigenvalue weighted by Crippen LogP contribution is 2.37. The molecule has 0 fully saturated rings. The van der Waals surface area contributed by atoms with Crippen LogP contribution in [0.2, 0.25) is 23.2 Å². The summed E-state index contributed by atoms with van der Waals surface area (Å²) in [5, 5.41) is 12.4. The van der Waals surface area contributed by atoms with Crippen molar-refractivity contribution < 1.29 is 4.43 Å². The van der Waals surface area contributed by atoms with Crippen LogP contribution in [0.3, 0.4) is 0 Å². The zero-order valence-electron chi connectivity index (χ0n) is 15.1. The number of aryl methyl sites for hydroxylation is 1. The maximum Gasteiger partial charge on any atom is 0.191 e. The van der Waals surface area contributed by atoms with E-state index in [0.717, 1.165) is 22.2 Å². The quantitative estimate of drug-likeness (QED) is 0.464. The van der Waals surface area contributed by atoms with E-state index in [1.165, 1.54) is 0 Å². The minimum atomic E-state index is -1.76. The fourth-order valence-electron chi connectivity index (χ4n) is 2.11. The largest absolute Gasteiger partial charge is 0.416 e. The van der Waals surface area contributed by atoms with Crippen molar-refractivity contribution in [1.82, 2.24) is 14.8 Å². The van der Waals surface area contributed by atoms with Gasteiger partial charge in [-0.15, -0.1) is 33.1 Å². The molecule has 2 heterocycles. The zero-order valence-corrected chi connectivity index (χ0v) is 18.4. The first-order valence-electron chi connectivity index (χ1n) is 7.95. The van der Waals surface area contributed by atoms with Crippen LogP contribution in [0.15, 0.2) is 5.38 Å². The van der Waals surface area contributed by atoms with E-state index in [0.29, 0.717) is 23.9 Å². The lowest BCUT2D eigenvalue weighted by Crippen LogP contribution is -2.41. The van der Waals surface area contributed by atoms with Crippen LogP contribution in [0.1, 0.15) is 38.0 Å². The molecular weight excluding hydrogens is 381 g/mol. The van der Waals surface area contributed by atoms with Gasteiger partial charge < -0.3 is 4.43 Å². The highest BCUT2D eigenvalue weighted by Gasteiger charge is 2.37. The molecule has 4 nitrogen and oxygen atoms in total. The third kappa shape index (κ3) is 4.04. The van der Waals surface area contributed by atoms with Gasteiger partial charge in [0.1, 0.15) is 16.6 Å². The predicted octanol–water partition coefficient (Wildman–Crippen LogP) is 5.59. The van der Waals surface area contributed by atoms with Crippen LogP contribution in [0.25, 0.3) is 5.00 Å². The fraction of sp³-hybridized carbons (Fsp3) is 0.625. The van der Waals surface area contributed by atoms with E-state index in [-0.39, 0.29) is 5.04 Å². The predicted molar refractivity (Wildman–Crippen MR) is 105 cm³/mol. The summed E-state index contributed by atoms with van der Waals surface area (Å²) < 4.78 is 8.31. The Labute approximate surface area is 159 Å². The molecule has 0 aliphatic rings. The first-order chi connectivity index (χ1) is 11.1. The first kappa shape index (κ1) is 19.9. The second kappa shape index (κ2) is 7.46. The Hall–Kier alpha value is -0.403. The van der Waals surface area contributed by atoms with Gasteiger partial charge in [-0.1, -0.05) is 32.4 Å². The van der Waals surface area contributed by atoms with Crippen LogP contribution >= 0.6 is 34.5 Å². The Morgan fingerprint density at radius 1 is 1.29 bits per heavy atom. The molecule has 2 aromatic heterocycles. The summed E-state index contributed by atoms with van der Waals surface area (Å²) in [6.07, 6.45) is 0.713. The number of thiophene rings is 1. The van der Waals surface area contributed by atoms with Crippen molar-refractivity contribution in [2.45, 2.75) is 58.1 Å². The second-order valence-corrected chi connectivity index (χ2v) is 13.7. The molecule has 0 aliphatic heterocycles. The third-order valence-electron chi connectivity index (χ3n) is 4.64. The van der Waals surface area contributed by atoms with Gasteiger partial charge in [-0.05, 0) is 25.1 Å². The second-order valence-electron chi connectivity index (χ2n) is 7.36. The molecule has 0 saturated heterocycles. The Balaban J connectivity index is 2.19. The van der Waals surface area contributed by atoms with E-state index in [1.807, 2.05) is 16.9 Å². The van der Waals surface area contributed by atoms with Crippen LogP contribution in [0.5, 0.6) is 0 Å². The summed E-state index contributed by atoms with van der Waals surface area (Å²) in [6, 6.07) is 0. The van der Waals surface area contributed by atoms with E-state index < -0.39 is 8.32 Å². The number of aromatic nitrogens is 3. The number of hydrogen-bond acceptors (Lipinski definition) is 4. The Morgan fingerprint density at radius 3 is 2.54 bits per heavy atom. The number of nitrogens with zero attached hydrogens (tertiary/aromatic N) is 3. The van der Waals surface area contributed by atoms with Crippen molar-refractivity contribution in [1.29, 1.82) is 0 Å². The number of hydrogen-bond donors (Lipinski definition) is 0. The number of rotatable bonds is 6. The zero-order chi connectivity index (χ0) is 18.1. The van der Waals surface area contributed by atoms with Crippen molar-refractivity contribution in [3.63, 3.8) is 0 Å². The number of halogens is 2. The molecule has 0 radical (unpaired) electrons. The van der Waals surface area contributed by atoms with Crippen molar-refractivity contribution in [2.75, 3.05) is 6.61 Å². The SMILES string of the molecule is Cc1nnc(CCO[Si](C)(C)C(C)(C)C)n1-c1scc(Cl)c1CCl. The summed E-state index contributed by atoms with van der Waals surface area (Å²) >= 11 is 13.9. The van der Waals surface area contributed by atoms with Gasteiger partial charge in [-0.25, -0.2) is 0 Å². The molecule has 0 aliphatic carbocycles. The monoisotopic (exact) mass is 405 g/mol. The van der Waals surface area contributed by atoms with Gasteiger partial charge in [0.2, 0.25) is 0 Å². The summed E-state index contributed by atoms with van der Waals surface area (Å²) in [7, 11) is -1.76. The molecule has 0 spiro atoms. The topological polar surface area (TPSA) is 39.9 Å². The van der Waals surface area contributed by atoms with Crippen molar-refractivity contribution in [2.24, 2.45) is 0 Å². The standard InChI is InChI=1S/C16H25Cl2N3OSSi/c1-11-19-20-14(7-8-22-24(5,6)16(2,3)4)21(11)15-12(9-17)13(18)10-23-15/h10H,7-9H2,1-6H3. The Kier molecular flexibility index (Phi) is 6.19. The van der Waals surface area contributed by atoms with Gasteiger partial charge in [0.05, 0.1) is 10.9 Å². The molecule has 24 heavy (non-hydrogen) atoms. The number of alkyl halides is 1. The van der Waals surface area contributed by atoms with Gasteiger partial charge in [0, 0.05) is 24.0 Å². The molecule has 0 unspecified atom stereocenters. The third-order valence-corrected chi connectivity index (χ3v) is 10.9. The van der Waals surface area contributed by atoms with Crippen molar-refractivity contribution in [3.8, 4) is 5.00 Å². The van der Waals surface area contributed by atoms with Crippen LogP contribution in [-0.2, 0) is 16.7 Å². The molecule has 134 valence electrons. The Bertz CT molecular complexity index is 707. The molecule has 0 bridgehead atoms. The van der Waals surface area contributed by atoms with E-state index >= 15 is 0 Å². The highest BCUT2D eigenvalue weighted by atomic mass is 35.5. The smallest absolute Gasteiger partial charge is 0.191 e. The molecule has 0 aromatic carbocycles. The maximum atomic E-state index is 6.27. The maximum absolute atomic E-state index is 6.27. The minimum Gasteiger partial charge on any atom is -0.416 e. The molecule has 2 aromatic rings. The minimum absolute atomic E-state index is 0.198. The van der Waals surface area contributed by atoms with Crippen LogP contribution in [0.4, 0.5) is 0 Å². The van der Waals surface area contributed by atoms with Crippen LogP contribution in [-0.4, -0.2) is 29.7 Å². The average molecular weight is 406 g/mol. The lowest BCUT2D eigenvalue weighted by molar-refractivity contribution is 0.288. The van der Waals surface area contributed by atoms with E-state index in [2.05, 4.69) is 44.1 Å². The summed E-state index contributed by atoms with van der Waals surface area (Å²) in [5.74, 6) is 2.09. The Morgan fingerprint density at radius 2 is 1.96 bits per heavy atom. The highest BCUT2D eigenvalue weighted by molar-refractivity contribution is 7.13. The normalized spacial score (nSPS) is 12.8. The van der Waals surface area contributed by atoms with Gasteiger partial charge >= 0.3 is 0 Å². The van der Waals surface area contributed by atoms with Gasteiger partial charge in [0.15, 0.2) is 8.32 Å². The van der Waals surface area contributed by atoms with Gasteiger partial charge in [-0.2, -0.15) is 0 Å². The van der Waals surface area contributed by atoms with Crippen molar-refractivity contribution >= 4 is 42.9 Å². The molecule has 0 amide bonds. The molecule has 8 heteroatoms. The molecule has 0 N–H and O–H groups in total. The summed E-state index contributed by atoms with van der Waals surface area (Å²) in [5.41, 5.74) is 0.929. The van der Waals surface area contributed by atoms with E-state index in [4.69, 9.17) is 27.6 Å². The van der Waals surface area contributed by atoms with Gasteiger partial charge in [-0.3, -0.25) is 4.57 Å². The fourth-order valence-corrected chi connectivity index (χ4v) is 4.94. The molecule has 2 rings (SSSR count). The first-order valence-corrected chi connectivity index (χ1v) is 12.7. The van der Waals surface area contributed by atoms with E-state index in [1.54, 1.807) is 11.3 Å². The summed E-state index contributed by atoms with van der Waals surface area (Å²) in [6.45, 7) is 13.8. The average Bonchev–Trinajstić information content (AvgIpc) is 3.00. The van der Waals surface area contributed by atoms with Crippen LogP contribution < -0.4 is 0 Å². The van der Waals surface area contributed by atoms with Crippen LogP contribution in [0, 0.1) is 6.92 Å². The van der Waals surface area contributed by atoms with E-state index in [9.17, 15) is 0 Å². The summed E-state index contributed by atoms with van der Waals surface area (Å²) in [4.78, 5) is 0. The van der Waals surface area contributed by atoms with Crippen molar-refractivity contribution in [3.05, 3.63) is 27.6 Å².